The summed E-state index contributed by atoms with van der Waals surface area (Å²) in [5.74, 6) is 0.0289. The highest BCUT2D eigenvalue weighted by Gasteiger charge is 2.38. The third kappa shape index (κ3) is 5.84. The van der Waals surface area contributed by atoms with Gasteiger partial charge in [0.05, 0.1) is 0 Å². The van der Waals surface area contributed by atoms with Crippen LogP contribution in [0.1, 0.15) is 30.9 Å². The predicted molar refractivity (Wildman–Crippen MR) is 102 cm³/mol. The van der Waals surface area contributed by atoms with Gasteiger partial charge in [-0.3, -0.25) is 0 Å². The molecular formula is C22H25NO4. The molecule has 1 aliphatic carbocycles. The van der Waals surface area contributed by atoms with Gasteiger partial charge in [-0.2, -0.15) is 0 Å². The molecule has 142 valence electrons. The van der Waals surface area contributed by atoms with E-state index < -0.39 is 18.1 Å². The number of benzene rings is 2. The van der Waals surface area contributed by atoms with Crippen LogP contribution in [0.25, 0.3) is 0 Å². The molecule has 1 aliphatic rings. The second kappa shape index (κ2) is 9.21. The summed E-state index contributed by atoms with van der Waals surface area (Å²) in [5.41, 5.74) is 1.81. The molecule has 0 saturated heterocycles. The van der Waals surface area contributed by atoms with E-state index in [1.54, 1.807) is 0 Å². The van der Waals surface area contributed by atoms with Gasteiger partial charge in [-0.1, -0.05) is 67.6 Å². The van der Waals surface area contributed by atoms with Gasteiger partial charge in [0.2, 0.25) is 0 Å². The number of amides is 1. The number of esters is 1. The number of ether oxygens (including phenoxy) is 2. The van der Waals surface area contributed by atoms with E-state index in [0.717, 1.165) is 24.0 Å². The number of alkyl carbamates (subject to hydrolysis) is 1. The summed E-state index contributed by atoms with van der Waals surface area (Å²) in [7, 11) is 0. The Morgan fingerprint density at radius 3 is 1.96 bits per heavy atom. The van der Waals surface area contributed by atoms with Gasteiger partial charge in [-0.15, -0.1) is 0 Å². The highest BCUT2D eigenvalue weighted by Crippen LogP contribution is 2.38. The molecule has 5 heteroatoms. The quantitative estimate of drug-likeness (QED) is 0.714. The lowest BCUT2D eigenvalue weighted by molar-refractivity contribution is -0.149. The third-order valence-corrected chi connectivity index (χ3v) is 4.86. The van der Waals surface area contributed by atoms with Gasteiger partial charge in [0.25, 0.3) is 0 Å². The van der Waals surface area contributed by atoms with Crippen molar-refractivity contribution in [2.45, 2.75) is 39.0 Å². The van der Waals surface area contributed by atoms with Crippen molar-refractivity contribution in [3.63, 3.8) is 0 Å². The Bertz CT molecular complexity index is 743. The first-order valence-electron chi connectivity index (χ1n) is 9.31. The molecule has 5 nitrogen and oxygen atoms in total. The number of carbonyl (C=O) groups excluding carboxylic acids is 2. The van der Waals surface area contributed by atoms with Crippen LogP contribution in [0.15, 0.2) is 60.7 Å². The minimum absolute atomic E-state index is 0.0116. The fourth-order valence-electron chi connectivity index (χ4n) is 3.01. The van der Waals surface area contributed by atoms with Gasteiger partial charge in [-0.25, -0.2) is 9.59 Å². The maximum Gasteiger partial charge on any atom is 0.408 e. The van der Waals surface area contributed by atoms with E-state index in [2.05, 4.69) is 5.32 Å². The fraction of sp³-hybridized carbons (Fsp3) is 0.364. The number of nitrogens with one attached hydrogen (secondary N) is 1. The molecule has 2 aromatic rings. The molecule has 0 spiro atoms. The lowest BCUT2D eigenvalue weighted by Crippen LogP contribution is -2.46. The molecular weight excluding hydrogens is 342 g/mol. The Labute approximate surface area is 159 Å². The molecule has 1 amide bonds. The smallest absolute Gasteiger partial charge is 0.408 e. The maximum absolute atomic E-state index is 12.6. The lowest BCUT2D eigenvalue weighted by atomic mass is 9.97. The molecule has 1 N–H and O–H groups in total. The van der Waals surface area contributed by atoms with Crippen LogP contribution in [0.4, 0.5) is 4.79 Å². The maximum atomic E-state index is 12.6. The molecule has 2 aromatic carbocycles. The topological polar surface area (TPSA) is 64.6 Å². The van der Waals surface area contributed by atoms with Crippen LogP contribution in [0.2, 0.25) is 0 Å². The van der Waals surface area contributed by atoms with Crippen molar-refractivity contribution in [2.75, 3.05) is 0 Å². The third-order valence-electron chi connectivity index (χ3n) is 4.86. The first kappa shape index (κ1) is 19.0. The van der Waals surface area contributed by atoms with Crippen LogP contribution < -0.4 is 5.32 Å². The van der Waals surface area contributed by atoms with E-state index in [0.29, 0.717) is 5.92 Å². The summed E-state index contributed by atoms with van der Waals surface area (Å²) in [6.45, 7) is 2.33. The summed E-state index contributed by atoms with van der Waals surface area (Å²) in [5, 5.41) is 2.71. The molecule has 1 saturated carbocycles. The summed E-state index contributed by atoms with van der Waals surface area (Å²) in [4.78, 5) is 24.8. The Balaban J connectivity index is 1.55. The standard InChI is InChI=1S/C22H25NO4/c1-16(19-12-13-19)20(21(24)26-14-17-8-4-2-5-9-17)23-22(25)27-15-18-10-6-3-7-11-18/h2-11,16,19-20H,12-15H2,1H3,(H,23,25)/t16-,20-/m0/s1. The fourth-order valence-corrected chi connectivity index (χ4v) is 3.01. The van der Waals surface area contributed by atoms with Crippen LogP contribution in [-0.2, 0) is 27.5 Å². The van der Waals surface area contributed by atoms with E-state index in [4.69, 9.17) is 9.47 Å². The van der Waals surface area contributed by atoms with E-state index in [-0.39, 0.29) is 19.1 Å². The molecule has 0 aliphatic heterocycles. The van der Waals surface area contributed by atoms with Crippen molar-refractivity contribution < 1.29 is 19.1 Å². The van der Waals surface area contributed by atoms with Crippen molar-refractivity contribution in [1.82, 2.24) is 5.32 Å². The van der Waals surface area contributed by atoms with Crippen molar-refractivity contribution in [3.05, 3.63) is 71.8 Å². The summed E-state index contributed by atoms with van der Waals surface area (Å²) >= 11 is 0. The molecule has 2 atom stereocenters. The minimum Gasteiger partial charge on any atom is -0.459 e. The Morgan fingerprint density at radius 1 is 0.926 bits per heavy atom. The summed E-state index contributed by atoms with van der Waals surface area (Å²) in [6, 6.07) is 18.2. The van der Waals surface area contributed by atoms with Crippen LogP contribution in [-0.4, -0.2) is 18.1 Å². The number of hydrogen-bond donors (Lipinski definition) is 1. The zero-order valence-electron chi connectivity index (χ0n) is 15.5. The van der Waals surface area contributed by atoms with E-state index >= 15 is 0 Å². The highest BCUT2D eigenvalue weighted by atomic mass is 16.6. The molecule has 0 radical (unpaired) electrons. The second-order valence-corrected chi connectivity index (χ2v) is 6.97. The number of hydrogen-bond acceptors (Lipinski definition) is 4. The summed E-state index contributed by atoms with van der Waals surface area (Å²) in [6.07, 6.45) is 1.54. The largest absolute Gasteiger partial charge is 0.459 e. The van der Waals surface area contributed by atoms with E-state index in [1.807, 2.05) is 67.6 Å². The van der Waals surface area contributed by atoms with Gasteiger partial charge >= 0.3 is 12.1 Å². The molecule has 0 heterocycles. The average molecular weight is 367 g/mol. The van der Waals surface area contributed by atoms with E-state index in [9.17, 15) is 9.59 Å². The van der Waals surface area contributed by atoms with Gasteiger partial charge in [0, 0.05) is 0 Å². The molecule has 1 fully saturated rings. The second-order valence-electron chi connectivity index (χ2n) is 6.97. The zero-order valence-corrected chi connectivity index (χ0v) is 15.5. The van der Waals surface area contributed by atoms with Gasteiger partial charge in [0.15, 0.2) is 0 Å². The first-order valence-corrected chi connectivity index (χ1v) is 9.31. The minimum atomic E-state index is -0.704. The van der Waals surface area contributed by atoms with Gasteiger partial charge in [-0.05, 0) is 35.8 Å². The van der Waals surface area contributed by atoms with Crippen LogP contribution >= 0.6 is 0 Å². The lowest BCUT2D eigenvalue weighted by Gasteiger charge is -2.23. The molecule has 0 bridgehead atoms. The predicted octanol–water partition coefficient (Wildman–Crippen LogP) is 4.07. The van der Waals surface area contributed by atoms with Gasteiger partial charge < -0.3 is 14.8 Å². The van der Waals surface area contributed by atoms with Crippen LogP contribution in [0.3, 0.4) is 0 Å². The SMILES string of the molecule is C[C@@H](C1CC1)[C@H](NC(=O)OCc1ccccc1)C(=O)OCc1ccccc1. The molecule has 27 heavy (non-hydrogen) atoms. The average Bonchev–Trinajstić information content (AvgIpc) is 3.55. The van der Waals surface area contributed by atoms with Crippen molar-refractivity contribution in [2.24, 2.45) is 11.8 Å². The zero-order chi connectivity index (χ0) is 19.1. The Hall–Kier alpha value is -2.82. The van der Waals surface area contributed by atoms with E-state index in [1.165, 1.54) is 0 Å². The van der Waals surface area contributed by atoms with Crippen molar-refractivity contribution in [3.8, 4) is 0 Å². The van der Waals surface area contributed by atoms with Crippen LogP contribution in [0, 0.1) is 11.8 Å². The summed E-state index contributed by atoms with van der Waals surface area (Å²) < 4.78 is 10.7. The van der Waals surface area contributed by atoms with Crippen molar-refractivity contribution in [1.29, 1.82) is 0 Å². The highest BCUT2D eigenvalue weighted by molar-refractivity contribution is 5.81. The van der Waals surface area contributed by atoms with Crippen LogP contribution in [0.5, 0.6) is 0 Å². The molecule has 3 rings (SSSR count). The first-order chi connectivity index (χ1) is 13.1. The Kier molecular flexibility index (Phi) is 6.47. The molecule has 0 aromatic heterocycles. The Morgan fingerprint density at radius 2 is 1.44 bits per heavy atom. The van der Waals surface area contributed by atoms with Gasteiger partial charge in [0.1, 0.15) is 19.3 Å². The monoisotopic (exact) mass is 367 g/mol. The molecule has 0 unspecified atom stereocenters. The number of rotatable bonds is 8. The van der Waals surface area contributed by atoms with Crippen molar-refractivity contribution >= 4 is 12.1 Å². The normalized spacial score (nSPS) is 15.4. The number of carbonyl (C=O) groups is 2.